The number of carboxylic acid groups (broad SMARTS) is 1. The molecule has 0 bridgehead atoms. The summed E-state index contributed by atoms with van der Waals surface area (Å²) in [6.45, 7) is -0.489. The average molecular weight is 379 g/mol. The maximum absolute atomic E-state index is 13.7. The zero-order valence-electron chi connectivity index (χ0n) is 11.8. The minimum Gasteiger partial charge on any atom is -0.482 e. The second-order valence-electron chi connectivity index (χ2n) is 4.57. The van der Waals surface area contributed by atoms with E-state index in [0.717, 1.165) is 0 Å². The van der Waals surface area contributed by atoms with Crippen LogP contribution in [-0.4, -0.2) is 23.5 Å². The van der Waals surface area contributed by atoms with Gasteiger partial charge in [0.15, 0.2) is 12.4 Å². The van der Waals surface area contributed by atoms with Crippen LogP contribution in [0.1, 0.15) is 15.9 Å². The highest BCUT2D eigenvalue weighted by Gasteiger charge is 2.06. The molecular formula is C17H12BrFO4. The van der Waals surface area contributed by atoms with Gasteiger partial charge in [-0.2, -0.15) is 0 Å². The molecule has 0 heterocycles. The third kappa shape index (κ3) is 5.03. The van der Waals surface area contributed by atoms with Gasteiger partial charge in [-0.15, -0.1) is 0 Å². The van der Waals surface area contributed by atoms with Crippen molar-refractivity contribution in [2.24, 2.45) is 0 Å². The lowest BCUT2D eigenvalue weighted by molar-refractivity contribution is -0.139. The fraction of sp³-hybridized carbons (Fsp3) is 0.0588. The number of halogens is 2. The second kappa shape index (κ2) is 7.69. The van der Waals surface area contributed by atoms with Gasteiger partial charge in [0, 0.05) is 15.6 Å². The molecule has 2 aromatic rings. The molecule has 0 aliphatic rings. The van der Waals surface area contributed by atoms with Crippen LogP contribution >= 0.6 is 15.9 Å². The number of ketones is 1. The Morgan fingerprint density at radius 1 is 1.22 bits per heavy atom. The van der Waals surface area contributed by atoms with E-state index in [1.807, 2.05) is 0 Å². The summed E-state index contributed by atoms with van der Waals surface area (Å²) in [5.41, 5.74) is 0.612. The Morgan fingerprint density at radius 2 is 2.00 bits per heavy atom. The van der Waals surface area contributed by atoms with Crippen LogP contribution in [0, 0.1) is 5.82 Å². The number of carbonyl (C=O) groups is 2. The van der Waals surface area contributed by atoms with Crippen LogP contribution in [0.3, 0.4) is 0 Å². The van der Waals surface area contributed by atoms with Gasteiger partial charge in [0.2, 0.25) is 0 Å². The van der Waals surface area contributed by atoms with Crippen molar-refractivity contribution in [3.63, 3.8) is 0 Å². The number of carbonyl (C=O) groups excluding carboxylic acids is 1. The molecule has 6 heteroatoms. The summed E-state index contributed by atoms with van der Waals surface area (Å²) in [7, 11) is 0. The molecule has 0 spiro atoms. The zero-order valence-corrected chi connectivity index (χ0v) is 13.4. The molecule has 0 amide bonds. The van der Waals surface area contributed by atoms with Crippen LogP contribution in [0.4, 0.5) is 4.39 Å². The molecule has 0 saturated carbocycles. The minimum absolute atomic E-state index is 0.279. The van der Waals surface area contributed by atoms with Crippen LogP contribution in [0.15, 0.2) is 53.0 Å². The number of rotatable bonds is 6. The van der Waals surface area contributed by atoms with Gasteiger partial charge in [-0.05, 0) is 36.4 Å². The average Bonchev–Trinajstić information content (AvgIpc) is 2.52. The highest BCUT2D eigenvalue weighted by atomic mass is 79.9. The lowest BCUT2D eigenvalue weighted by Crippen LogP contribution is -2.09. The van der Waals surface area contributed by atoms with Gasteiger partial charge in [0.25, 0.3) is 0 Å². The maximum atomic E-state index is 13.7. The van der Waals surface area contributed by atoms with Gasteiger partial charge < -0.3 is 9.84 Å². The number of hydrogen-bond donors (Lipinski definition) is 1. The highest BCUT2D eigenvalue weighted by Crippen LogP contribution is 2.18. The molecule has 0 aliphatic heterocycles. The van der Waals surface area contributed by atoms with E-state index in [1.165, 1.54) is 24.3 Å². The molecule has 4 nitrogen and oxygen atoms in total. The van der Waals surface area contributed by atoms with E-state index in [9.17, 15) is 14.0 Å². The summed E-state index contributed by atoms with van der Waals surface area (Å²) in [5.74, 6) is -1.61. The van der Waals surface area contributed by atoms with Crippen LogP contribution in [0.5, 0.6) is 5.75 Å². The molecule has 0 unspecified atom stereocenters. The predicted molar refractivity (Wildman–Crippen MR) is 87.0 cm³/mol. The van der Waals surface area contributed by atoms with Gasteiger partial charge in [-0.25, -0.2) is 9.18 Å². The Bertz CT molecular complexity index is 771. The third-order valence-corrected chi connectivity index (χ3v) is 3.35. The fourth-order valence-electron chi connectivity index (χ4n) is 1.78. The quantitative estimate of drug-likeness (QED) is 0.610. The number of carboxylic acids is 1. The van der Waals surface area contributed by atoms with E-state index >= 15 is 0 Å². The molecule has 0 fully saturated rings. The third-order valence-electron chi connectivity index (χ3n) is 2.86. The monoisotopic (exact) mass is 378 g/mol. The molecule has 23 heavy (non-hydrogen) atoms. The molecule has 2 rings (SSSR count). The van der Waals surface area contributed by atoms with E-state index < -0.39 is 18.4 Å². The molecule has 0 aliphatic carbocycles. The van der Waals surface area contributed by atoms with Crippen LogP contribution in [-0.2, 0) is 4.79 Å². The van der Waals surface area contributed by atoms with Crippen LogP contribution in [0.2, 0.25) is 0 Å². The molecule has 0 saturated heterocycles. The first kappa shape index (κ1) is 16.9. The maximum Gasteiger partial charge on any atom is 0.341 e. The summed E-state index contributed by atoms with van der Waals surface area (Å²) in [4.78, 5) is 22.6. The Balaban J connectivity index is 2.12. The van der Waals surface area contributed by atoms with E-state index in [1.54, 1.807) is 30.3 Å². The minimum atomic E-state index is -1.10. The first-order valence-corrected chi connectivity index (χ1v) is 7.37. The summed E-state index contributed by atoms with van der Waals surface area (Å²) in [6, 6.07) is 10.7. The molecule has 1 N–H and O–H groups in total. The summed E-state index contributed by atoms with van der Waals surface area (Å²) >= 11 is 3.16. The highest BCUT2D eigenvalue weighted by molar-refractivity contribution is 9.10. The predicted octanol–water partition coefficient (Wildman–Crippen LogP) is 3.95. The number of aliphatic carboxylic acids is 1. The van der Waals surface area contributed by atoms with Crippen molar-refractivity contribution in [1.82, 2.24) is 0 Å². The van der Waals surface area contributed by atoms with E-state index in [-0.39, 0.29) is 11.5 Å². The Labute approximate surface area is 140 Å². The van der Waals surface area contributed by atoms with Crippen molar-refractivity contribution >= 4 is 33.8 Å². The fourth-order valence-corrected chi connectivity index (χ4v) is 2.12. The van der Waals surface area contributed by atoms with Gasteiger partial charge in [-0.3, -0.25) is 4.79 Å². The zero-order chi connectivity index (χ0) is 16.8. The molecule has 0 radical (unpaired) electrons. The molecule has 2 aromatic carbocycles. The smallest absolute Gasteiger partial charge is 0.341 e. The van der Waals surface area contributed by atoms with Gasteiger partial charge in [0.1, 0.15) is 11.6 Å². The first-order valence-electron chi connectivity index (χ1n) is 6.58. The lowest BCUT2D eigenvalue weighted by atomic mass is 10.1. The molecular weight excluding hydrogens is 367 g/mol. The van der Waals surface area contributed by atoms with E-state index in [0.29, 0.717) is 15.6 Å². The molecule has 118 valence electrons. The van der Waals surface area contributed by atoms with Crippen molar-refractivity contribution < 1.29 is 23.8 Å². The first-order chi connectivity index (χ1) is 11.0. The Kier molecular flexibility index (Phi) is 5.65. The summed E-state index contributed by atoms with van der Waals surface area (Å²) in [5, 5.41) is 8.57. The summed E-state index contributed by atoms with van der Waals surface area (Å²) in [6.07, 6.45) is 2.64. The SMILES string of the molecule is O=C(O)COc1cccc(C(=O)/C=C/c2ccc(Br)cc2F)c1. The van der Waals surface area contributed by atoms with Crippen molar-refractivity contribution in [1.29, 1.82) is 0 Å². The van der Waals surface area contributed by atoms with Crippen molar-refractivity contribution in [3.05, 3.63) is 70.0 Å². The van der Waals surface area contributed by atoms with Crippen molar-refractivity contribution in [3.8, 4) is 5.75 Å². The number of hydrogen-bond acceptors (Lipinski definition) is 3. The molecule has 0 atom stereocenters. The second-order valence-corrected chi connectivity index (χ2v) is 5.49. The molecule has 0 aromatic heterocycles. The standard InChI is InChI=1S/C17H12BrFO4/c18-13-6-4-11(15(19)9-13)5-7-16(20)12-2-1-3-14(8-12)23-10-17(21)22/h1-9H,10H2,(H,21,22)/b7-5+. The normalized spacial score (nSPS) is 10.7. The van der Waals surface area contributed by atoms with Gasteiger partial charge in [0.05, 0.1) is 0 Å². The van der Waals surface area contributed by atoms with Crippen molar-refractivity contribution in [2.45, 2.75) is 0 Å². The van der Waals surface area contributed by atoms with Crippen LogP contribution < -0.4 is 4.74 Å². The lowest BCUT2D eigenvalue weighted by Gasteiger charge is -2.04. The van der Waals surface area contributed by atoms with E-state index in [4.69, 9.17) is 9.84 Å². The van der Waals surface area contributed by atoms with Gasteiger partial charge >= 0.3 is 5.97 Å². The van der Waals surface area contributed by atoms with Crippen molar-refractivity contribution in [2.75, 3.05) is 6.61 Å². The van der Waals surface area contributed by atoms with Gasteiger partial charge in [-0.1, -0.05) is 34.1 Å². The van der Waals surface area contributed by atoms with Crippen LogP contribution in [0.25, 0.3) is 6.08 Å². The number of ether oxygens (including phenoxy) is 1. The Morgan fingerprint density at radius 3 is 2.70 bits per heavy atom. The number of allylic oxidation sites excluding steroid dienone is 1. The largest absolute Gasteiger partial charge is 0.482 e. The van der Waals surface area contributed by atoms with E-state index in [2.05, 4.69) is 15.9 Å². The Hall–Kier alpha value is -2.47. The summed E-state index contributed by atoms with van der Waals surface area (Å²) < 4.78 is 19.3. The topological polar surface area (TPSA) is 63.6 Å². The number of benzene rings is 2.